The van der Waals surface area contributed by atoms with E-state index in [1.165, 1.54) is 37.9 Å². The van der Waals surface area contributed by atoms with Gasteiger partial charge in [0.15, 0.2) is 0 Å². The molecule has 1 aromatic rings. The van der Waals surface area contributed by atoms with Crippen LogP contribution in [0.1, 0.15) is 24.8 Å². The molecule has 0 spiro atoms. The average molecular weight is 251 g/mol. The van der Waals surface area contributed by atoms with Crippen LogP contribution in [0.2, 0.25) is 5.02 Å². The van der Waals surface area contributed by atoms with Gasteiger partial charge in [-0.15, -0.1) is 0 Å². The van der Waals surface area contributed by atoms with Crippen LogP contribution in [0.5, 0.6) is 0 Å². The Balaban J connectivity index is 1.48. The van der Waals surface area contributed by atoms with Gasteiger partial charge in [-0.25, -0.2) is 0 Å². The van der Waals surface area contributed by atoms with Gasteiger partial charge in [0, 0.05) is 36.7 Å². The Bertz CT molecular complexity index is 390. The van der Waals surface area contributed by atoms with Crippen LogP contribution in [-0.4, -0.2) is 30.1 Å². The van der Waals surface area contributed by atoms with Crippen molar-refractivity contribution in [1.82, 2.24) is 10.2 Å². The molecule has 17 heavy (non-hydrogen) atoms. The van der Waals surface area contributed by atoms with Gasteiger partial charge in [0.2, 0.25) is 0 Å². The van der Waals surface area contributed by atoms with Crippen molar-refractivity contribution < 1.29 is 0 Å². The summed E-state index contributed by atoms with van der Waals surface area (Å²) in [5.74, 6) is 0. The van der Waals surface area contributed by atoms with E-state index in [0.29, 0.717) is 6.04 Å². The predicted molar refractivity (Wildman–Crippen MR) is 71.3 cm³/mol. The van der Waals surface area contributed by atoms with Gasteiger partial charge in [-0.1, -0.05) is 23.7 Å². The van der Waals surface area contributed by atoms with Gasteiger partial charge < -0.3 is 5.32 Å². The molecule has 0 amide bonds. The maximum absolute atomic E-state index is 5.98. The van der Waals surface area contributed by atoms with Crippen LogP contribution in [0.15, 0.2) is 24.3 Å². The molecule has 2 fully saturated rings. The smallest absolute Gasteiger partial charge is 0.0409 e. The van der Waals surface area contributed by atoms with Gasteiger partial charge in [0.1, 0.15) is 0 Å². The lowest BCUT2D eigenvalue weighted by Gasteiger charge is -2.15. The van der Waals surface area contributed by atoms with E-state index in [4.69, 9.17) is 11.6 Å². The minimum Gasteiger partial charge on any atom is -0.309 e. The highest BCUT2D eigenvalue weighted by Gasteiger charge is 2.33. The van der Waals surface area contributed by atoms with E-state index in [2.05, 4.69) is 16.3 Å². The van der Waals surface area contributed by atoms with Gasteiger partial charge >= 0.3 is 0 Å². The third-order valence-corrected chi connectivity index (χ3v) is 4.00. The number of likely N-dealkylation sites (tertiary alicyclic amines) is 1. The van der Waals surface area contributed by atoms with Gasteiger partial charge in [0.25, 0.3) is 0 Å². The predicted octanol–water partition coefficient (Wildman–Crippen LogP) is 2.67. The molecule has 0 bridgehead atoms. The first-order valence-electron chi connectivity index (χ1n) is 6.53. The van der Waals surface area contributed by atoms with Crippen molar-refractivity contribution in [2.45, 2.75) is 37.9 Å². The van der Waals surface area contributed by atoms with E-state index >= 15 is 0 Å². The fourth-order valence-corrected chi connectivity index (χ4v) is 2.85. The first-order chi connectivity index (χ1) is 8.31. The second kappa shape index (κ2) is 4.97. The lowest BCUT2D eigenvalue weighted by atomic mass is 10.2. The number of benzene rings is 1. The third-order valence-electron chi connectivity index (χ3n) is 3.77. The number of hydrogen-bond acceptors (Lipinski definition) is 2. The topological polar surface area (TPSA) is 15.3 Å². The zero-order chi connectivity index (χ0) is 11.7. The van der Waals surface area contributed by atoms with E-state index in [1.807, 2.05) is 18.2 Å². The van der Waals surface area contributed by atoms with Crippen molar-refractivity contribution in [3.63, 3.8) is 0 Å². The van der Waals surface area contributed by atoms with E-state index in [1.54, 1.807) is 0 Å². The minimum atomic E-state index is 0.662. The van der Waals surface area contributed by atoms with Crippen molar-refractivity contribution in [2.75, 3.05) is 13.1 Å². The highest BCUT2D eigenvalue weighted by Crippen LogP contribution is 2.29. The first kappa shape index (κ1) is 11.5. The second-order valence-corrected chi connectivity index (χ2v) is 5.66. The molecule has 3 rings (SSSR count). The SMILES string of the molecule is Clc1cccc(CNC2CCN(C3CC3)C2)c1. The summed E-state index contributed by atoms with van der Waals surface area (Å²) in [6.07, 6.45) is 4.12. The van der Waals surface area contributed by atoms with Gasteiger partial charge in [-0.2, -0.15) is 0 Å². The van der Waals surface area contributed by atoms with Crippen molar-refractivity contribution in [1.29, 1.82) is 0 Å². The number of halogens is 1. The zero-order valence-electron chi connectivity index (χ0n) is 10.0. The second-order valence-electron chi connectivity index (χ2n) is 5.22. The Labute approximate surface area is 108 Å². The molecule has 1 saturated heterocycles. The molecule has 1 unspecified atom stereocenters. The van der Waals surface area contributed by atoms with E-state index in [9.17, 15) is 0 Å². The molecule has 3 heteroatoms. The minimum absolute atomic E-state index is 0.662. The Morgan fingerprint density at radius 3 is 2.94 bits per heavy atom. The molecule has 0 radical (unpaired) electrons. The number of nitrogens with zero attached hydrogens (tertiary/aromatic N) is 1. The fourth-order valence-electron chi connectivity index (χ4n) is 2.63. The molecular formula is C14H19ClN2. The van der Waals surface area contributed by atoms with Crippen molar-refractivity contribution in [2.24, 2.45) is 0 Å². The highest BCUT2D eigenvalue weighted by molar-refractivity contribution is 6.30. The molecular weight excluding hydrogens is 232 g/mol. The van der Waals surface area contributed by atoms with E-state index in [0.717, 1.165) is 17.6 Å². The molecule has 1 aromatic carbocycles. The van der Waals surface area contributed by atoms with Crippen molar-refractivity contribution in [3.05, 3.63) is 34.9 Å². The van der Waals surface area contributed by atoms with Crippen LogP contribution < -0.4 is 5.32 Å². The van der Waals surface area contributed by atoms with Crippen LogP contribution >= 0.6 is 11.6 Å². The normalized spacial score (nSPS) is 25.4. The number of hydrogen-bond donors (Lipinski definition) is 1. The molecule has 1 N–H and O–H groups in total. The molecule has 1 atom stereocenters. The summed E-state index contributed by atoms with van der Waals surface area (Å²) >= 11 is 5.98. The summed E-state index contributed by atoms with van der Waals surface area (Å²) in [5, 5.41) is 4.47. The Morgan fingerprint density at radius 2 is 2.18 bits per heavy atom. The van der Waals surface area contributed by atoms with Gasteiger partial charge in [-0.3, -0.25) is 4.90 Å². The highest BCUT2D eigenvalue weighted by atomic mass is 35.5. The Kier molecular flexibility index (Phi) is 3.37. The van der Waals surface area contributed by atoms with Gasteiger partial charge in [-0.05, 0) is 37.0 Å². The largest absolute Gasteiger partial charge is 0.309 e. The van der Waals surface area contributed by atoms with Crippen LogP contribution in [0.4, 0.5) is 0 Å². The van der Waals surface area contributed by atoms with Crippen LogP contribution in [0.3, 0.4) is 0 Å². The van der Waals surface area contributed by atoms with Gasteiger partial charge in [0.05, 0.1) is 0 Å². The molecule has 1 saturated carbocycles. The molecule has 92 valence electrons. The molecule has 2 nitrogen and oxygen atoms in total. The molecule has 1 heterocycles. The number of rotatable bonds is 4. The lowest BCUT2D eigenvalue weighted by molar-refractivity contribution is 0.317. The fraction of sp³-hybridized carbons (Fsp3) is 0.571. The summed E-state index contributed by atoms with van der Waals surface area (Å²) in [7, 11) is 0. The van der Waals surface area contributed by atoms with E-state index in [-0.39, 0.29) is 0 Å². The van der Waals surface area contributed by atoms with Crippen LogP contribution in [-0.2, 0) is 6.54 Å². The molecule has 2 aliphatic rings. The zero-order valence-corrected chi connectivity index (χ0v) is 10.8. The molecule has 1 aliphatic heterocycles. The standard InChI is InChI=1S/C14H19ClN2/c15-12-3-1-2-11(8-12)9-16-13-6-7-17(10-13)14-4-5-14/h1-3,8,13-14,16H,4-7,9-10H2. The van der Waals surface area contributed by atoms with E-state index < -0.39 is 0 Å². The monoisotopic (exact) mass is 250 g/mol. The average Bonchev–Trinajstić information content (AvgIpc) is 3.07. The lowest BCUT2D eigenvalue weighted by Crippen LogP contribution is -2.32. The Morgan fingerprint density at radius 1 is 1.29 bits per heavy atom. The van der Waals surface area contributed by atoms with Crippen molar-refractivity contribution >= 4 is 11.6 Å². The quantitative estimate of drug-likeness (QED) is 0.884. The maximum atomic E-state index is 5.98. The van der Waals surface area contributed by atoms with Crippen LogP contribution in [0, 0.1) is 0 Å². The summed E-state index contributed by atoms with van der Waals surface area (Å²) in [5.41, 5.74) is 1.28. The summed E-state index contributed by atoms with van der Waals surface area (Å²) < 4.78 is 0. The molecule has 1 aliphatic carbocycles. The summed E-state index contributed by atoms with van der Waals surface area (Å²) in [6.45, 7) is 3.44. The van der Waals surface area contributed by atoms with Crippen molar-refractivity contribution in [3.8, 4) is 0 Å². The number of nitrogens with one attached hydrogen (secondary N) is 1. The summed E-state index contributed by atoms with van der Waals surface area (Å²) in [4.78, 5) is 2.63. The van der Waals surface area contributed by atoms with Crippen LogP contribution in [0.25, 0.3) is 0 Å². The summed E-state index contributed by atoms with van der Waals surface area (Å²) in [6, 6.07) is 9.69. The Hall–Kier alpha value is -0.570. The third kappa shape index (κ3) is 3.01. The molecule has 0 aromatic heterocycles. The first-order valence-corrected chi connectivity index (χ1v) is 6.91. The maximum Gasteiger partial charge on any atom is 0.0409 e.